The van der Waals surface area contributed by atoms with Crippen molar-refractivity contribution >= 4 is 33.5 Å². The van der Waals surface area contributed by atoms with Crippen molar-refractivity contribution in [3.63, 3.8) is 0 Å². The fourth-order valence-corrected chi connectivity index (χ4v) is 6.51. The number of rotatable bonds is 11. The molecule has 0 bridgehead atoms. The SMILES string of the molecule is CC(=O)NCCCc1nnc(SCC(=O)c2ccc(S(=O)(=O)N3CCCC3)cc2)n1-c1ccc(C)cc1. The molecule has 1 aliphatic heterocycles. The van der Waals surface area contributed by atoms with Gasteiger partial charge in [-0.2, -0.15) is 4.31 Å². The van der Waals surface area contributed by atoms with E-state index < -0.39 is 10.0 Å². The van der Waals surface area contributed by atoms with Gasteiger partial charge in [-0.3, -0.25) is 14.2 Å². The zero-order valence-electron chi connectivity index (χ0n) is 21.0. The molecule has 2 heterocycles. The number of Topliss-reactive ketones (excluding diaryl/α,β-unsaturated/α-hetero) is 1. The zero-order valence-corrected chi connectivity index (χ0v) is 22.6. The van der Waals surface area contributed by atoms with Crippen molar-refractivity contribution in [2.75, 3.05) is 25.4 Å². The third-order valence-corrected chi connectivity index (χ3v) is 9.00. The van der Waals surface area contributed by atoms with E-state index in [9.17, 15) is 18.0 Å². The minimum absolute atomic E-state index is 0.0727. The molecular weight excluding hydrogens is 510 g/mol. The predicted molar refractivity (Wildman–Crippen MR) is 143 cm³/mol. The van der Waals surface area contributed by atoms with Crippen LogP contribution in [0.5, 0.6) is 0 Å². The average Bonchev–Trinajstić information content (AvgIpc) is 3.57. The number of nitrogens with one attached hydrogen (secondary N) is 1. The Morgan fingerprint density at radius 3 is 2.32 bits per heavy atom. The van der Waals surface area contributed by atoms with Crippen molar-refractivity contribution in [2.45, 2.75) is 49.6 Å². The number of hydrogen-bond acceptors (Lipinski definition) is 7. The summed E-state index contributed by atoms with van der Waals surface area (Å²) in [6.45, 7) is 5.12. The maximum Gasteiger partial charge on any atom is 0.243 e. The van der Waals surface area contributed by atoms with Crippen LogP contribution in [0.2, 0.25) is 0 Å². The molecule has 3 aromatic rings. The molecule has 1 aromatic heterocycles. The highest BCUT2D eigenvalue weighted by Gasteiger charge is 2.27. The van der Waals surface area contributed by atoms with Crippen molar-refractivity contribution in [3.8, 4) is 5.69 Å². The summed E-state index contributed by atoms with van der Waals surface area (Å²) in [5.41, 5.74) is 2.48. The fourth-order valence-electron chi connectivity index (χ4n) is 4.12. The van der Waals surface area contributed by atoms with Gasteiger partial charge in [0.1, 0.15) is 5.82 Å². The summed E-state index contributed by atoms with van der Waals surface area (Å²) in [6, 6.07) is 14.2. The van der Waals surface area contributed by atoms with E-state index >= 15 is 0 Å². The monoisotopic (exact) mass is 541 g/mol. The molecular formula is C26H31N5O4S2. The summed E-state index contributed by atoms with van der Waals surface area (Å²) in [4.78, 5) is 24.3. The highest BCUT2D eigenvalue weighted by molar-refractivity contribution is 7.99. The molecule has 0 radical (unpaired) electrons. The van der Waals surface area contributed by atoms with E-state index in [1.54, 1.807) is 12.1 Å². The van der Waals surface area contributed by atoms with Crippen LogP contribution in [0.25, 0.3) is 5.69 Å². The van der Waals surface area contributed by atoms with Gasteiger partial charge in [-0.25, -0.2) is 8.42 Å². The Kier molecular flexibility index (Phi) is 8.78. The molecule has 196 valence electrons. The lowest BCUT2D eigenvalue weighted by molar-refractivity contribution is -0.118. The van der Waals surface area contributed by atoms with Gasteiger partial charge in [-0.1, -0.05) is 41.6 Å². The van der Waals surface area contributed by atoms with E-state index in [1.165, 1.54) is 35.1 Å². The molecule has 1 aliphatic rings. The molecule has 0 unspecified atom stereocenters. The van der Waals surface area contributed by atoms with Gasteiger partial charge >= 0.3 is 0 Å². The Morgan fingerprint density at radius 2 is 1.68 bits per heavy atom. The Bertz CT molecular complexity index is 1350. The molecule has 0 saturated carbocycles. The van der Waals surface area contributed by atoms with E-state index in [0.717, 1.165) is 29.9 Å². The normalized spacial score (nSPS) is 14.1. The Labute approximate surface area is 221 Å². The fraction of sp³-hybridized carbons (Fsp3) is 0.385. The summed E-state index contributed by atoms with van der Waals surface area (Å²) in [7, 11) is -3.52. The maximum absolute atomic E-state index is 12.9. The third kappa shape index (κ3) is 6.65. The number of sulfonamides is 1. The predicted octanol–water partition coefficient (Wildman–Crippen LogP) is 3.40. The van der Waals surface area contributed by atoms with E-state index in [0.29, 0.717) is 43.2 Å². The first kappa shape index (κ1) is 27.0. The average molecular weight is 542 g/mol. The molecule has 1 saturated heterocycles. The topological polar surface area (TPSA) is 114 Å². The number of carbonyl (C=O) groups excluding carboxylic acids is 2. The standard InChI is InChI=1S/C26H31N5O4S2/c1-19-7-11-22(12-8-19)31-25(6-5-15-27-20(2)32)28-29-26(31)36-18-24(33)21-9-13-23(14-10-21)37(34,35)30-16-3-4-17-30/h7-14H,3-6,15-18H2,1-2H3,(H,27,32). The van der Waals surface area contributed by atoms with Crippen molar-refractivity contribution < 1.29 is 18.0 Å². The first-order valence-corrected chi connectivity index (χ1v) is 14.7. The van der Waals surface area contributed by atoms with Crippen molar-refractivity contribution in [3.05, 3.63) is 65.5 Å². The summed E-state index contributed by atoms with van der Waals surface area (Å²) >= 11 is 1.29. The molecule has 4 rings (SSSR count). The number of amides is 1. The lowest BCUT2D eigenvalue weighted by atomic mass is 10.1. The first-order valence-electron chi connectivity index (χ1n) is 12.3. The second kappa shape index (κ2) is 12.0. The van der Waals surface area contributed by atoms with Gasteiger partial charge in [0.25, 0.3) is 0 Å². The molecule has 37 heavy (non-hydrogen) atoms. The summed E-state index contributed by atoms with van der Waals surface area (Å²) < 4.78 is 28.9. The van der Waals surface area contributed by atoms with Gasteiger partial charge in [0.05, 0.1) is 10.6 Å². The number of hydrogen-bond donors (Lipinski definition) is 1. The highest BCUT2D eigenvalue weighted by atomic mass is 32.2. The first-order chi connectivity index (χ1) is 17.8. The molecule has 1 fully saturated rings. The van der Waals surface area contributed by atoms with Crippen molar-refractivity contribution in [1.29, 1.82) is 0 Å². The van der Waals surface area contributed by atoms with Gasteiger partial charge in [-0.15, -0.1) is 10.2 Å². The smallest absolute Gasteiger partial charge is 0.243 e. The van der Waals surface area contributed by atoms with Crippen LogP contribution in [0.15, 0.2) is 58.6 Å². The van der Waals surface area contributed by atoms with Gasteiger partial charge < -0.3 is 5.32 Å². The summed E-state index contributed by atoms with van der Waals surface area (Å²) in [5, 5.41) is 12.1. The van der Waals surface area contributed by atoms with Crippen LogP contribution in [-0.4, -0.2) is 64.6 Å². The van der Waals surface area contributed by atoms with Crippen LogP contribution >= 0.6 is 11.8 Å². The second-order valence-electron chi connectivity index (χ2n) is 9.00. The number of benzene rings is 2. The largest absolute Gasteiger partial charge is 0.356 e. The van der Waals surface area contributed by atoms with Crippen LogP contribution in [0.1, 0.15) is 47.9 Å². The highest BCUT2D eigenvalue weighted by Crippen LogP contribution is 2.25. The molecule has 9 nitrogen and oxygen atoms in total. The van der Waals surface area contributed by atoms with Crippen LogP contribution in [-0.2, 0) is 21.2 Å². The Balaban J connectivity index is 1.46. The lowest BCUT2D eigenvalue weighted by Gasteiger charge is -2.15. The number of carbonyl (C=O) groups is 2. The van der Waals surface area contributed by atoms with Crippen LogP contribution in [0, 0.1) is 6.92 Å². The number of aryl methyl sites for hydroxylation is 2. The molecule has 0 spiro atoms. The van der Waals surface area contributed by atoms with Crippen molar-refractivity contribution in [2.24, 2.45) is 0 Å². The van der Waals surface area contributed by atoms with Crippen LogP contribution in [0.3, 0.4) is 0 Å². The molecule has 0 atom stereocenters. The van der Waals surface area contributed by atoms with Crippen molar-refractivity contribution in [1.82, 2.24) is 24.4 Å². The molecule has 0 aliphatic carbocycles. The minimum Gasteiger partial charge on any atom is -0.356 e. The lowest BCUT2D eigenvalue weighted by Crippen LogP contribution is -2.27. The minimum atomic E-state index is -3.52. The number of aromatic nitrogens is 3. The van der Waals surface area contributed by atoms with E-state index in [2.05, 4.69) is 15.5 Å². The van der Waals surface area contributed by atoms with Crippen LogP contribution < -0.4 is 5.32 Å². The Hall–Kier alpha value is -3.02. The molecule has 11 heteroatoms. The quantitative estimate of drug-likeness (QED) is 0.225. The number of ketones is 1. The maximum atomic E-state index is 12.9. The van der Waals surface area contributed by atoms with Gasteiger partial charge in [0.15, 0.2) is 10.9 Å². The van der Waals surface area contributed by atoms with E-state index in [1.807, 2.05) is 35.8 Å². The zero-order chi connectivity index (χ0) is 26.4. The van der Waals surface area contributed by atoms with Gasteiger partial charge in [0.2, 0.25) is 15.9 Å². The molecule has 1 amide bonds. The summed E-state index contributed by atoms with van der Waals surface area (Å²) in [5.74, 6) is 0.687. The van der Waals surface area contributed by atoms with E-state index in [4.69, 9.17) is 0 Å². The number of nitrogens with zero attached hydrogens (tertiary/aromatic N) is 4. The van der Waals surface area contributed by atoms with Crippen LogP contribution in [0.4, 0.5) is 0 Å². The van der Waals surface area contributed by atoms with Gasteiger partial charge in [0, 0.05) is 44.2 Å². The Morgan fingerprint density at radius 1 is 1.00 bits per heavy atom. The molecule has 1 N–H and O–H groups in total. The van der Waals surface area contributed by atoms with E-state index in [-0.39, 0.29) is 22.3 Å². The number of thioether (sulfide) groups is 1. The molecule has 2 aromatic carbocycles. The third-order valence-electron chi connectivity index (χ3n) is 6.16. The second-order valence-corrected chi connectivity index (χ2v) is 11.9. The van der Waals surface area contributed by atoms with Gasteiger partial charge in [-0.05, 0) is 50.5 Å². The summed E-state index contributed by atoms with van der Waals surface area (Å²) in [6.07, 6.45) is 3.07.